The van der Waals surface area contributed by atoms with Gasteiger partial charge in [-0.3, -0.25) is 0 Å². The first-order chi connectivity index (χ1) is 8.41. The third-order valence-corrected chi connectivity index (χ3v) is 3.90. The highest BCUT2D eigenvalue weighted by Gasteiger charge is 2.54. The second kappa shape index (κ2) is 4.80. The maximum absolute atomic E-state index is 14.2. The Morgan fingerprint density at radius 3 is 2.33 bits per heavy atom. The molecule has 98 valence electrons. The molecule has 0 aliphatic carbocycles. The van der Waals surface area contributed by atoms with Crippen LogP contribution in [0.1, 0.15) is 12.0 Å². The Morgan fingerprint density at radius 2 is 1.89 bits per heavy atom. The second-order valence-electron chi connectivity index (χ2n) is 4.49. The van der Waals surface area contributed by atoms with E-state index in [2.05, 4.69) is 11.9 Å². The first-order valence-corrected chi connectivity index (χ1v) is 6.36. The van der Waals surface area contributed by atoms with Gasteiger partial charge in [-0.2, -0.15) is 0 Å². The number of rotatable bonds is 3. The molecule has 0 spiro atoms. The fourth-order valence-electron chi connectivity index (χ4n) is 2.44. The number of nitrogens with one attached hydrogen (secondary N) is 1. The zero-order chi connectivity index (χ0) is 13.4. The van der Waals surface area contributed by atoms with E-state index in [-0.39, 0.29) is 6.54 Å². The van der Waals surface area contributed by atoms with Gasteiger partial charge in [-0.25, -0.2) is 8.78 Å². The van der Waals surface area contributed by atoms with E-state index in [0.717, 1.165) is 0 Å². The number of benzene rings is 1. The molecule has 1 N–H and O–H groups in total. The van der Waals surface area contributed by atoms with E-state index < -0.39 is 11.3 Å². The third-order valence-electron chi connectivity index (χ3n) is 3.46. The Balaban J connectivity index is 2.57. The van der Waals surface area contributed by atoms with Gasteiger partial charge in [0, 0.05) is 16.6 Å². The van der Waals surface area contributed by atoms with Crippen LogP contribution < -0.4 is 5.32 Å². The minimum atomic E-state index is -3.01. The summed E-state index contributed by atoms with van der Waals surface area (Å²) in [6, 6.07) is 4.64. The molecule has 1 fully saturated rings. The van der Waals surface area contributed by atoms with Gasteiger partial charge in [0.2, 0.25) is 0 Å². The molecular formula is C13H13Cl2F2N. The Bertz CT molecular complexity index is 448. The first kappa shape index (κ1) is 13.8. The van der Waals surface area contributed by atoms with E-state index in [1.807, 2.05) is 0 Å². The summed E-state index contributed by atoms with van der Waals surface area (Å²) in [4.78, 5) is 0. The molecule has 5 heteroatoms. The van der Waals surface area contributed by atoms with Crippen molar-refractivity contribution in [2.45, 2.75) is 17.8 Å². The molecule has 0 aromatic heterocycles. The summed E-state index contributed by atoms with van der Waals surface area (Å²) >= 11 is 11.8. The summed E-state index contributed by atoms with van der Waals surface area (Å²) in [5.74, 6) is -3.01. The van der Waals surface area contributed by atoms with Gasteiger partial charge in [-0.1, -0.05) is 29.8 Å². The van der Waals surface area contributed by atoms with Crippen molar-refractivity contribution in [1.82, 2.24) is 5.32 Å². The fraction of sp³-hybridized carbons (Fsp3) is 0.385. The molecule has 1 aromatic rings. The number of halogens is 4. The Hall–Kier alpha value is -0.640. The Labute approximate surface area is 115 Å². The SMILES string of the molecule is C=CC(F)(F)C1(c2cc(Cl)cc(Cl)c2)CCNC1. The molecule has 1 saturated heterocycles. The molecule has 1 atom stereocenters. The maximum Gasteiger partial charge on any atom is 0.276 e. The van der Waals surface area contributed by atoms with E-state index in [1.165, 1.54) is 6.07 Å². The molecule has 1 aliphatic rings. The normalized spacial score (nSPS) is 24.2. The number of hydrogen-bond donors (Lipinski definition) is 1. The molecule has 1 heterocycles. The van der Waals surface area contributed by atoms with Crippen LogP contribution in [0.3, 0.4) is 0 Å². The standard InChI is InChI=1S/C13H13Cl2F2N/c1-2-13(16,17)12(3-4-18-8-12)9-5-10(14)7-11(15)6-9/h2,5-7,18H,1,3-4,8H2. The van der Waals surface area contributed by atoms with Crippen molar-refractivity contribution in [3.63, 3.8) is 0 Å². The molecule has 0 bridgehead atoms. The molecule has 1 unspecified atom stereocenters. The minimum Gasteiger partial charge on any atom is -0.316 e. The van der Waals surface area contributed by atoms with E-state index in [4.69, 9.17) is 23.2 Å². The van der Waals surface area contributed by atoms with E-state index in [1.54, 1.807) is 12.1 Å². The van der Waals surface area contributed by atoms with E-state index >= 15 is 0 Å². The van der Waals surface area contributed by atoms with Crippen LogP contribution in [0.25, 0.3) is 0 Å². The number of alkyl halides is 2. The quantitative estimate of drug-likeness (QED) is 0.829. The van der Waals surface area contributed by atoms with Crippen molar-refractivity contribution >= 4 is 23.2 Å². The summed E-state index contributed by atoms with van der Waals surface area (Å²) in [7, 11) is 0. The predicted octanol–water partition coefficient (Wildman–Crippen LogP) is 4.05. The minimum absolute atomic E-state index is 0.183. The topological polar surface area (TPSA) is 12.0 Å². The lowest BCUT2D eigenvalue weighted by Crippen LogP contribution is -2.45. The Morgan fingerprint density at radius 1 is 1.28 bits per heavy atom. The van der Waals surface area contributed by atoms with Gasteiger partial charge in [0.05, 0.1) is 5.41 Å². The zero-order valence-electron chi connectivity index (χ0n) is 9.65. The Kier molecular flexibility index (Phi) is 3.67. The molecule has 1 aromatic carbocycles. The second-order valence-corrected chi connectivity index (χ2v) is 5.37. The van der Waals surface area contributed by atoms with Crippen molar-refractivity contribution < 1.29 is 8.78 Å². The summed E-state index contributed by atoms with van der Waals surface area (Å²) in [5.41, 5.74) is -0.863. The molecule has 18 heavy (non-hydrogen) atoms. The molecule has 1 nitrogen and oxygen atoms in total. The van der Waals surface area contributed by atoms with Crippen molar-refractivity contribution in [2.75, 3.05) is 13.1 Å². The molecule has 0 amide bonds. The summed E-state index contributed by atoms with van der Waals surface area (Å²) in [6.07, 6.45) is 1.03. The largest absolute Gasteiger partial charge is 0.316 e. The van der Waals surface area contributed by atoms with Gasteiger partial charge in [0.15, 0.2) is 0 Å². The third kappa shape index (κ3) is 2.15. The highest BCUT2D eigenvalue weighted by Crippen LogP contribution is 2.46. The average Bonchev–Trinajstić information content (AvgIpc) is 2.78. The molecule has 0 saturated carbocycles. The molecular weight excluding hydrogens is 279 g/mol. The fourth-order valence-corrected chi connectivity index (χ4v) is 2.97. The van der Waals surface area contributed by atoms with Gasteiger partial charge in [0.1, 0.15) is 0 Å². The summed E-state index contributed by atoms with van der Waals surface area (Å²) < 4.78 is 28.4. The van der Waals surface area contributed by atoms with Crippen molar-refractivity contribution in [3.8, 4) is 0 Å². The maximum atomic E-state index is 14.2. The van der Waals surface area contributed by atoms with Crippen LogP contribution in [0.2, 0.25) is 10.0 Å². The highest BCUT2D eigenvalue weighted by atomic mass is 35.5. The van der Waals surface area contributed by atoms with Crippen molar-refractivity contribution in [3.05, 3.63) is 46.5 Å². The smallest absolute Gasteiger partial charge is 0.276 e. The lowest BCUT2D eigenvalue weighted by Gasteiger charge is -2.35. The van der Waals surface area contributed by atoms with Crippen LogP contribution in [-0.4, -0.2) is 19.0 Å². The van der Waals surface area contributed by atoms with Gasteiger partial charge in [0.25, 0.3) is 5.92 Å². The summed E-state index contributed by atoms with van der Waals surface area (Å²) in [6.45, 7) is 3.97. The zero-order valence-corrected chi connectivity index (χ0v) is 11.2. The lowest BCUT2D eigenvalue weighted by atomic mass is 9.74. The molecule has 1 aliphatic heterocycles. The van der Waals surface area contributed by atoms with E-state index in [0.29, 0.717) is 34.7 Å². The monoisotopic (exact) mass is 291 g/mol. The molecule has 0 radical (unpaired) electrons. The average molecular weight is 292 g/mol. The van der Waals surface area contributed by atoms with Crippen LogP contribution in [0.5, 0.6) is 0 Å². The van der Waals surface area contributed by atoms with Gasteiger partial charge >= 0.3 is 0 Å². The number of allylic oxidation sites excluding steroid dienone is 1. The van der Waals surface area contributed by atoms with Gasteiger partial charge < -0.3 is 5.32 Å². The highest BCUT2D eigenvalue weighted by molar-refractivity contribution is 6.34. The van der Waals surface area contributed by atoms with Crippen molar-refractivity contribution in [1.29, 1.82) is 0 Å². The van der Waals surface area contributed by atoms with Crippen LogP contribution in [0.15, 0.2) is 30.9 Å². The summed E-state index contributed by atoms with van der Waals surface area (Å²) in [5, 5.41) is 3.71. The van der Waals surface area contributed by atoms with Crippen LogP contribution in [0.4, 0.5) is 8.78 Å². The molecule has 2 rings (SSSR count). The van der Waals surface area contributed by atoms with Gasteiger partial charge in [-0.05, 0) is 42.8 Å². The van der Waals surface area contributed by atoms with Crippen molar-refractivity contribution in [2.24, 2.45) is 0 Å². The van der Waals surface area contributed by atoms with Crippen LogP contribution in [0, 0.1) is 0 Å². The van der Waals surface area contributed by atoms with Crippen LogP contribution >= 0.6 is 23.2 Å². The first-order valence-electron chi connectivity index (χ1n) is 5.60. The number of hydrogen-bond acceptors (Lipinski definition) is 1. The predicted molar refractivity (Wildman–Crippen MR) is 70.8 cm³/mol. The lowest BCUT2D eigenvalue weighted by molar-refractivity contribution is -0.0242. The van der Waals surface area contributed by atoms with E-state index in [9.17, 15) is 8.78 Å². The van der Waals surface area contributed by atoms with Crippen LogP contribution in [-0.2, 0) is 5.41 Å². The van der Waals surface area contributed by atoms with Gasteiger partial charge in [-0.15, -0.1) is 0 Å².